The van der Waals surface area contributed by atoms with Gasteiger partial charge in [-0.2, -0.15) is 5.26 Å². The molecule has 0 radical (unpaired) electrons. The molecule has 0 saturated heterocycles. The first-order chi connectivity index (χ1) is 9.42. The van der Waals surface area contributed by atoms with Crippen LogP contribution in [0.2, 0.25) is 0 Å². The van der Waals surface area contributed by atoms with Crippen LogP contribution >= 0.6 is 0 Å². The summed E-state index contributed by atoms with van der Waals surface area (Å²) in [5.41, 5.74) is -0.389. The van der Waals surface area contributed by atoms with E-state index in [4.69, 9.17) is 5.26 Å². The Morgan fingerprint density at radius 2 is 1.70 bits per heavy atom. The molecule has 1 amide bonds. The number of hydrogen-bond acceptors (Lipinski definition) is 2. The van der Waals surface area contributed by atoms with Crippen LogP contribution in [0.3, 0.4) is 0 Å². The molecule has 0 aromatic carbocycles. The number of nitriles is 1. The van der Waals surface area contributed by atoms with Crippen molar-refractivity contribution >= 4 is 5.91 Å². The van der Waals surface area contributed by atoms with Crippen molar-refractivity contribution in [1.29, 1.82) is 5.26 Å². The molecule has 0 aromatic rings. The van der Waals surface area contributed by atoms with Crippen molar-refractivity contribution < 1.29 is 4.79 Å². The summed E-state index contributed by atoms with van der Waals surface area (Å²) in [5.74, 6) is 2.71. The molecule has 4 aliphatic rings. The van der Waals surface area contributed by atoms with Crippen LogP contribution in [0.1, 0.15) is 58.8 Å². The molecule has 3 heteroatoms. The van der Waals surface area contributed by atoms with Gasteiger partial charge in [0.1, 0.15) is 0 Å². The Morgan fingerprint density at radius 1 is 1.20 bits per heavy atom. The van der Waals surface area contributed by atoms with Gasteiger partial charge in [-0.05, 0) is 76.5 Å². The van der Waals surface area contributed by atoms with Crippen LogP contribution in [-0.4, -0.2) is 12.5 Å². The molecule has 4 bridgehead atoms. The van der Waals surface area contributed by atoms with Crippen molar-refractivity contribution in [2.75, 3.05) is 6.54 Å². The zero-order valence-corrected chi connectivity index (χ0v) is 12.7. The van der Waals surface area contributed by atoms with E-state index in [1.165, 1.54) is 19.3 Å². The number of carbonyl (C=O) groups is 1. The third kappa shape index (κ3) is 2.45. The Bertz CT molecular complexity index is 411. The summed E-state index contributed by atoms with van der Waals surface area (Å²) in [5, 5.41) is 12.2. The van der Waals surface area contributed by atoms with E-state index >= 15 is 0 Å². The average molecular weight is 274 g/mol. The molecule has 0 heterocycles. The van der Waals surface area contributed by atoms with E-state index in [1.54, 1.807) is 0 Å². The van der Waals surface area contributed by atoms with Gasteiger partial charge in [0.05, 0.1) is 11.5 Å². The molecular weight excluding hydrogens is 248 g/mol. The monoisotopic (exact) mass is 274 g/mol. The molecule has 1 N–H and O–H groups in total. The van der Waals surface area contributed by atoms with Crippen molar-refractivity contribution in [3.05, 3.63) is 0 Å². The lowest BCUT2D eigenvalue weighted by molar-refractivity contribution is -0.146. The predicted molar refractivity (Wildman–Crippen MR) is 77.6 cm³/mol. The lowest BCUT2D eigenvalue weighted by atomic mass is 9.49. The zero-order valence-electron chi connectivity index (χ0n) is 12.7. The molecule has 0 unspecified atom stereocenters. The molecule has 110 valence electrons. The van der Waals surface area contributed by atoms with Gasteiger partial charge in [-0.25, -0.2) is 0 Å². The van der Waals surface area contributed by atoms with Crippen LogP contribution in [0.15, 0.2) is 0 Å². The van der Waals surface area contributed by atoms with Crippen LogP contribution < -0.4 is 5.32 Å². The molecule has 0 aromatic heterocycles. The lowest BCUT2D eigenvalue weighted by Gasteiger charge is -2.55. The van der Waals surface area contributed by atoms with Gasteiger partial charge in [0.15, 0.2) is 0 Å². The summed E-state index contributed by atoms with van der Waals surface area (Å²) in [4.78, 5) is 12.7. The first kappa shape index (κ1) is 13.9. The summed E-state index contributed by atoms with van der Waals surface area (Å²) >= 11 is 0. The van der Waals surface area contributed by atoms with Crippen LogP contribution in [0.25, 0.3) is 0 Å². The molecule has 0 spiro atoms. The minimum Gasteiger partial charge on any atom is -0.356 e. The zero-order chi connectivity index (χ0) is 14.4. The minimum atomic E-state index is -0.339. The van der Waals surface area contributed by atoms with E-state index in [9.17, 15) is 4.79 Å². The van der Waals surface area contributed by atoms with Crippen molar-refractivity contribution in [2.45, 2.75) is 58.8 Å². The van der Waals surface area contributed by atoms with Crippen molar-refractivity contribution in [3.8, 4) is 6.07 Å². The van der Waals surface area contributed by atoms with E-state index in [0.717, 1.165) is 43.4 Å². The van der Waals surface area contributed by atoms with Gasteiger partial charge >= 0.3 is 0 Å². The van der Waals surface area contributed by atoms with Crippen LogP contribution in [-0.2, 0) is 4.79 Å². The Kier molecular flexibility index (Phi) is 3.31. The SMILES string of the molecule is CC(C)(C#N)CCNC(=O)C12CC3CC(CC(C3)C1)C2. The Morgan fingerprint density at radius 3 is 2.15 bits per heavy atom. The first-order valence-corrected chi connectivity index (χ1v) is 8.12. The highest BCUT2D eigenvalue weighted by molar-refractivity contribution is 5.83. The number of hydrogen-bond donors (Lipinski definition) is 1. The third-order valence-electron chi connectivity index (χ3n) is 5.86. The fourth-order valence-corrected chi connectivity index (χ4v) is 5.12. The topological polar surface area (TPSA) is 52.9 Å². The maximum absolute atomic E-state index is 12.7. The lowest BCUT2D eigenvalue weighted by Crippen LogP contribution is -2.53. The summed E-state index contributed by atoms with van der Waals surface area (Å²) < 4.78 is 0. The maximum atomic E-state index is 12.7. The summed E-state index contributed by atoms with van der Waals surface area (Å²) in [7, 11) is 0. The molecular formula is C17H26N2O. The highest BCUT2D eigenvalue weighted by Gasteiger charge is 2.54. The third-order valence-corrected chi connectivity index (χ3v) is 5.86. The summed E-state index contributed by atoms with van der Waals surface area (Å²) in [6, 6.07) is 2.30. The van der Waals surface area contributed by atoms with Gasteiger partial charge in [-0.15, -0.1) is 0 Å². The quantitative estimate of drug-likeness (QED) is 0.855. The minimum absolute atomic E-state index is 0.0501. The van der Waals surface area contributed by atoms with E-state index in [1.807, 2.05) is 13.8 Å². The van der Waals surface area contributed by atoms with Gasteiger partial charge in [-0.3, -0.25) is 4.79 Å². The number of rotatable bonds is 4. The summed E-state index contributed by atoms with van der Waals surface area (Å²) in [6.07, 6.45) is 8.20. The fourth-order valence-electron chi connectivity index (χ4n) is 5.12. The number of carbonyl (C=O) groups excluding carboxylic acids is 1. The summed E-state index contributed by atoms with van der Waals surface area (Å²) in [6.45, 7) is 4.51. The molecule has 4 fully saturated rings. The Hall–Kier alpha value is -1.04. The van der Waals surface area contributed by atoms with Gasteiger partial charge < -0.3 is 5.32 Å². The van der Waals surface area contributed by atoms with E-state index in [2.05, 4.69) is 11.4 Å². The molecule has 20 heavy (non-hydrogen) atoms. The normalized spacial score (nSPS) is 38.5. The predicted octanol–water partition coefficient (Wildman–Crippen LogP) is 3.26. The fraction of sp³-hybridized carbons (Fsp3) is 0.882. The van der Waals surface area contributed by atoms with Gasteiger partial charge in [-0.1, -0.05) is 0 Å². The van der Waals surface area contributed by atoms with Gasteiger partial charge in [0.25, 0.3) is 0 Å². The highest BCUT2D eigenvalue weighted by Crippen LogP contribution is 2.60. The molecule has 4 aliphatic carbocycles. The standard InChI is InChI=1S/C17H26N2O/c1-16(2,11-18)3-4-19-15(20)17-8-12-5-13(9-17)7-14(6-12)10-17/h12-14H,3-10H2,1-2H3,(H,19,20). The second-order valence-electron chi connectivity index (χ2n) is 8.20. The maximum Gasteiger partial charge on any atom is 0.226 e. The molecule has 4 saturated carbocycles. The average Bonchev–Trinajstić information content (AvgIpc) is 2.37. The number of nitrogens with zero attached hydrogens (tertiary/aromatic N) is 1. The Labute approximate surface area is 122 Å². The van der Waals surface area contributed by atoms with Crippen LogP contribution in [0.4, 0.5) is 0 Å². The van der Waals surface area contributed by atoms with Crippen LogP contribution in [0.5, 0.6) is 0 Å². The second kappa shape index (κ2) is 4.76. The van der Waals surface area contributed by atoms with E-state index in [-0.39, 0.29) is 16.7 Å². The second-order valence-corrected chi connectivity index (χ2v) is 8.20. The van der Waals surface area contributed by atoms with Gasteiger partial charge in [0.2, 0.25) is 5.91 Å². The first-order valence-electron chi connectivity index (χ1n) is 8.12. The largest absolute Gasteiger partial charge is 0.356 e. The van der Waals surface area contributed by atoms with Crippen molar-refractivity contribution in [1.82, 2.24) is 5.32 Å². The number of amides is 1. The molecule has 0 aliphatic heterocycles. The van der Waals surface area contributed by atoms with Crippen molar-refractivity contribution in [3.63, 3.8) is 0 Å². The molecule has 0 atom stereocenters. The Balaban J connectivity index is 1.59. The van der Waals surface area contributed by atoms with E-state index in [0.29, 0.717) is 6.54 Å². The van der Waals surface area contributed by atoms with Crippen molar-refractivity contribution in [2.24, 2.45) is 28.6 Å². The highest BCUT2D eigenvalue weighted by atomic mass is 16.2. The smallest absolute Gasteiger partial charge is 0.226 e. The van der Waals surface area contributed by atoms with E-state index < -0.39 is 0 Å². The molecule has 3 nitrogen and oxygen atoms in total. The van der Waals surface area contributed by atoms with Crippen LogP contribution in [0, 0.1) is 39.9 Å². The number of nitrogens with one attached hydrogen (secondary N) is 1. The van der Waals surface area contributed by atoms with Gasteiger partial charge in [0, 0.05) is 12.0 Å². The molecule has 4 rings (SSSR count).